The molecule has 2 aliphatic carbocycles. The summed E-state index contributed by atoms with van der Waals surface area (Å²) in [5, 5.41) is 3.15. The second kappa shape index (κ2) is 4.17. The van der Waals surface area contributed by atoms with Gasteiger partial charge < -0.3 is 4.90 Å². The van der Waals surface area contributed by atoms with Gasteiger partial charge in [-0.2, -0.15) is 0 Å². The zero-order valence-electron chi connectivity index (χ0n) is 9.26. The van der Waals surface area contributed by atoms with Gasteiger partial charge in [0.1, 0.15) is 0 Å². The Morgan fingerprint density at radius 3 is 2.81 bits per heavy atom. The van der Waals surface area contributed by atoms with Crippen molar-refractivity contribution in [3.05, 3.63) is 16.6 Å². The summed E-state index contributed by atoms with van der Waals surface area (Å²) in [5.41, 5.74) is 0. The molecule has 3 nitrogen and oxygen atoms in total. The molecule has 1 amide bonds. The first-order chi connectivity index (χ1) is 7.84. The SMILES string of the molecule is O=C(C1CC1)N(CCc1nccs1)C1CC1. The topological polar surface area (TPSA) is 33.2 Å². The molecule has 0 unspecified atom stereocenters. The van der Waals surface area contributed by atoms with E-state index in [1.165, 1.54) is 12.8 Å². The molecule has 4 heteroatoms. The van der Waals surface area contributed by atoms with Crippen molar-refractivity contribution in [1.82, 2.24) is 9.88 Å². The molecule has 0 atom stereocenters. The van der Waals surface area contributed by atoms with Gasteiger partial charge in [0.05, 0.1) is 5.01 Å². The van der Waals surface area contributed by atoms with E-state index in [0.717, 1.165) is 30.8 Å². The molecule has 16 heavy (non-hydrogen) atoms. The minimum Gasteiger partial charge on any atom is -0.339 e. The van der Waals surface area contributed by atoms with Crippen molar-refractivity contribution in [2.75, 3.05) is 6.54 Å². The molecule has 2 saturated carbocycles. The van der Waals surface area contributed by atoms with Crippen molar-refractivity contribution < 1.29 is 4.79 Å². The third-order valence-electron chi connectivity index (χ3n) is 3.25. The lowest BCUT2D eigenvalue weighted by Gasteiger charge is -2.21. The summed E-state index contributed by atoms with van der Waals surface area (Å²) in [4.78, 5) is 18.4. The summed E-state index contributed by atoms with van der Waals surface area (Å²) in [5.74, 6) is 0.760. The summed E-state index contributed by atoms with van der Waals surface area (Å²) in [6.45, 7) is 0.869. The second-order valence-electron chi connectivity index (χ2n) is 4.71. The van der Waals surface area contributed by atoms with E-state index in [2.05, 4.69) is 9.88 Å². The van der Waals surface area contributed by atoms with Crippen LogP contribution in [0.25, 0.3) is 0 Å². The van der Waals surface area contributed by atoms with Gasteiger partial charge in [0, 0.05) is 36.5 Å². The Morgan fingerprint density at radius 2 is 2.25 bits per heavy atom. The van der Waals surface area contributed by atoms with Crippen LogP contribution >= 0.6 is 11.3 Å². The van der Waals surface area contributed by atoms with Crippen LogP contribution in [0, 0.1) is 5.92 Å². The fourth-order valence-corrected chi connectivity index (χ4v) is 2.63. The van der Waals surface area contributed by atoms with E-state index in [4.69, 9.17) is 0 Å². The van der Waals surface area contributed by atoms with Crippen LogP contribution in [0.2, 0.25) is 0 Å². The standard InChI is InChI=1S/C12H16N2OS/c15-12(9-1-2-9)14(10-3-4-10)7-5-11-13-6-8-16-11/h6,8-10H,1-5,7H2. The summed E-state index contributed by atoms with van der Waals surface area (Å²) < 4.78 is 0. The highest BCUT2D eigenvalue weighted by Crippen LogP contribution is 2.35. The molecule has 1 aromatic heterocycles. The van der Waals surface area contributed by atoms with Gasteiger partial charge in [-0.05, 0) is 25.7 Å². The number of thiazole rings is 1. The Kier molecular flexibility index (Phi) is 2.67. The third-order valence-corrected chi connectivity index (χ3v) is 4.09. The van der Waals surface area contributed by atoms with Gasteiger partial charge in [0.25, 0.3) is 0 Å². The molecule has 0 bridgehead atoms. The van der Waals surface area contributed by atoms with Gasteiger partial charge in [-0.1, -0.05) is 0 Å². The van der Waals surface area contributed by atoms with Crippen LogP contribution in [-0.4, -0.2) is 28.4 Å². The molecule has 1 aromatic rings. The largest absolute Gasteiger partial charge is 0.339 e. The van der Waals surface area contributed by atoms with Gasteiger partial charge >= 0.3 is 0 Å². The van der Waals surface area contributed by atoms with Crippen LogP contribution in [-0.2, 0) is 11.2 Å². The smallest absolute Gasteiger partial charge is 0.225 e. The fourth-order valence-electron chi connectivity index (χ4n) is 2.02. The number of aromatic nitrogens is 1. The normalized spacial score (nSPS) is 19.8. The van der Waals surface area contributed by atoms with Gasteiger partial charge in [0.2, 0.25) is 5.91 Å². The molecular formula is C12H16N2OS. The maximum Gasteiger partial charge on any atom is 0.225 e. The quantitative estimate of drug-likeness (QED) is 0.784. The predicted octanol–water partition coefficient (Wildman–Crippen LogP) is 2.09. The number of carbonyl (C=O) groups is 1. The summed E-state index contributed by atoms with van der Waals surface area (Å²) in [7, 11) is 0. The molecule has 86 valence electrons. The number of hydrogen-bond donors (Lipinski definition) is 0. The maximum absolute atomic E-state index is 12.1. The monoisotopic (exact) mass is 236 g/mol. The van der Waals surface area contributed by atoms with Crippen LogP contribution < -0.4 is 0 Å². The molecule has 0 radical (unpaired) electrons. The molecule has 1 heterocycles. The number of nitrogens with zero attached hydrogens (tertiary/aromatic N) is 2. The van der Waals surface area contributed by atoms with Crippen molar-refractivity contribution in [2.24, 2.45) is 5.92 Å². The van der Waals surface area contributed by atoms with Gasteiger partial charge in [-0.15, -0.1) is 11.3 Å². The average Bonchev–Trinajstić information content (AvgIpc) is 3.18. The van der Waals surface area contributed by atoms with Gasteiger partial charge in [0.15, 0.2) is 0 Å². The Balaban J connectivity index is 1.58. The Hall–Kier alpha value is -0.900. The highest BCUT2D eigenvalue weighted by Gasteiger charge is 2.39. The first kappa shape index (κ1) is 10.3. The average molecular weight is 236 g/mol. The lowest BCUT2D eigenvalue weighted by atomic mass is 10.3. The zero-order valence-corrected chi connectivity index (χ0v) is 10.1. The van der Waals surface area contributed by atoms with E-state index in [0.29, 0.717) is 17.9 Å². The van der Waals surface area contributed by atoms with E-state index < -0.39 is 0 Å². The van der Waals surface area contributed by atoms with Crippen molar-refractivity contribution in [2.45, 2.75) is 38.1 Å². The first-order valence-corrected chi connectivity index (χ1v) is 6.91. The van der Waals surface area contributed by atoms with E-state index in [1.807, 2.05) is 11.6 Å². The van der Waals surface area contributed by atoms with E-state index in [1.54, 1.807) is 11.3 Å². The summed E-state index contributed by atoms with van der Waals surface area (Å²) in [6.07, 6.45) is 7.39. The van der Waals surface area contributed by atoms with Crippen molar-refractivity contribution in [3.63, 3.8) is 0 Å². The number of hydrogen-bond acceptors (Lipinski definition) is 3. The first-order valence-electron chi connectivity index (χ1n) is 6.03. The lowest BCUT2D eigenvalue weighted by molar-refractivity contribution is -0.133. The van der Waals surface area contributed by atoms with Crippen LogP contribution in [0.4, 0.5) is 0 Å². The molecule has 0 aromatic carbocycles. The van der Waals surface area contributed by atoms with Crippen molar-refractivity contribution in [3.8, 4) is 0 Å². The Labute approximate surface area is 99.5 Å². The number of amides is 1. The highest BCUT2D eigenvalue weighted by atomic mass is 32.1. The van der Waals surface area contributed by atoms with E-state index in [9.17, 15) is 4.79 Å². The van der Waals surface area contributed by atoms with Crippen LogP contribution in [0.1, 0.15) is 30.7 Å². The predicted molar refractivity (Wildman–Crippen MR) is 63.3 cm³/mol. The molecule has 2 fully saturated rings. The number of rotatable bonds is 5. The number of carbonyl (C=O) groups excluding carboxylic acids is 1. The zero-order chi connectivity index (χ0) is 11.0. The molecule has 0 N–H and O–H groups in total. The minimum atomic E-state index is 0.358. The third kappa shape index (κ3) is 2.26. The Bertz CT molecular complexity index is 368. The summed E-state index contributed by atoms with van der Waals surface area (Å²) >= 11 is 1.68. The van der Waals surface area contributed by atoms with E-state index in [-0.39, 0.29) is 0 Å². The molecule has 0 aliphatic heterocycles. The van der Waals surface area contributed by atoms with Gasteiger partial charge in [-0.3, -0.25) is 4.79 Å². The van der Waals surface area contributed by atoms with Crippen LogP contribution in [0.15, 0.2) is 11.6 Å². The molecule has 0 saturated heterocycles. The molecular weight excluding hydrogens is 220 g/mol. The van der Waals surface area contributed by atoms with Crippen LogP contribution in [0.3, 0.4) is 0 Å². The van der Waals surface area contributed by atoms with Gasteiger partial charge in [-0.25, -0.2) is 4.98 Å². The lowest BCUT2D eigenvalue weighted by Crippen LogP contribution is -2.35. The second-order valence-corrected chi connectivity index (χ2v) is 5.69. The van der Waals surface area contributed by atoms with Crippen molar-refractivity contribution in [1.29, 1.82) is 0 Å². The molecule has 3 rings (SSSR count). The summed E-state index contributed by atoms with van der Waals surface area (Å²) in [6, 6.07) is 0.549. The van der Waals surface area contributed by atoms with Crippen molar-refractivity contribution >= 4 is 17.2 Å². The van der Waals surface area contributed by atoms with E-state index >= 15 is 0 Å². The van der Waals surface area contributed by atoms with Crippen LogP contribution in [0.5, 0.6) is 0 Å². The Morgan fingerprint density at radius 1 is 1.44 bits per heavy atom. The maximum atomic E-state index is 12.1. The fraction of sp³-hybridized carbons (Fsp3) is 0.667. The highest BCUT2D eigenvalue weighted by molar-refractivity contribution is 7.09. The molecule has 2 aliphatic rings. The minimum absolute atomic E-state index is 0.358. The molecule has 0 spiro atoms.